The van der Waals surface area contributed by atoms with Crippen LogP contribution in [0.5, 0.6) is 0 Å². The highest BCUT2D eigenvalue weighted by Gasteiger charge is 2.22. The van der Waals surface area contributed by atoms with E-state index in [1.54, 1.807) is 17.5 Å². The van der Waals surface area contributed by atoms with Gasteiger partial charge in [-0.25, -0.2) is 9.97 Å². The number of thiophene rings is 1. The summed E-state index contributed by atoms with van der Waals surface area (Å²) in [6, 6.07) is 8.24. The van der Waals surface area contributed by atoms with Gasteiger partial charge >= 0.3 is 0 Å². The van der Waals surface area contributed by atoms with Crippen LogP contribution in [0.2, 0.25) is 0 Å². The van der Waals surface area contributed by atoms with Gasteiger partial charge in [0, 0.05) is 36.0 Å². The van der Waals surface area contributed by atoms with Crippen LogP contribution in [0.4, 0.5) is 11.6 Å². The van der Waals surface area contributed by atoms with Crippen LogP contribution in [0.1, 0.15) is 42.2 Å². The smallest absolute Gasteiger partial charge is 0.263 e. The number of fused-ring (bicyclic) bond motifs is 3. The molecule has 1 N–H and O–H groups in total. The number of aromatic nitrogens is 4. The van der Waals surface area contributed by atoms with Gasteiger partial charge in [0.05, 0.1) is 11.7 Å². The number of nitrogens with one attached hydrogen (secondary N) is 1. The highest BCUT2D eigenvalue weighted by atomic mass is 32.1. The van der Waals surface area contributed by atoms with Gasteiger partial charge in [0.2, 0.25) is 5.95 Å². The number of anilines is 2. The summed E-state index contributed by atoms with van der Waals surface area (Å²) in [5.41, 5.74) is 3.44. The molecule has 0 saturated heterocycles. The van der Waals surface area contributed by atoms with E-state index in [1.165, 1.54) is 16.9 Å². The van der Waals surface area contributed by atoms with Gasteiger partial charge in [0.25, 0.3) is 5.56 Å². The Kier molecular flexibility index (Phi) is 5.12. The lowest BCUT2D eigenvalue weighted by Gasteiger charge is -2.15. The van der Waals surface area contributed by atoms with E-state index in [-0.39, 0.29) is 5.56 Å². The Hall–Kier alpha value is -2.93. The molecule has 3 heterocycles. The molecule has 30 heavy (non-hydrogen) atoms. The Morgan fingerprint density at radius 1 is 1.23 bits per heavy atom. The van der Waals surface area contributed by atoms with Gasteiger partial charge in [-0.2, -0.15) is 0 Å². The summed E-state index contributed by atoms with van der Waals surface area (Å²) < 4.78 is 3.85. The largest absolute Gasteiger partial charge is 0.333 e. The molecule has 1 aromatic carbocycles. The van der Waals surface area contributed by atoms with E-state index >= 15 is 0 Å². The third kappa shape index (κ3) is 3.54. The van der Waals surface area contributed by atoms with Crippen molar-refractivity contribution in [3.05, 3.63) is 69.3 Å². The molecule has 7 heteroatoms. The van der Waals surface area contributed by atoms with Gasteiger partial charge in [0.1, 0.15) is 4.83 Å². The van der Waals surface area contributed by atoms with E-state index in [2.05, 4.69) is 29.4 Å². The first-order valence-corrected chi connectivity index (χ1v) is 11.4. The lowest BCUT2D eigenvalue weighted by molar-refractivity contribution is 0.655. The molecule has 5 rings (SSSR count). The van der Waals surface area contributed by atoms with E-state index in [0.29, 0.717) is 12.5 Å². The number of nitrogens with zero attached hydrogens (tertiary/aromatic N) is 4. The standard InChI is InChI=1S/C23H25N5OS/c1-2-11-28-22(29)20-18-8-3-4-9-19(18)30-21(20)26-23(28)25-17-7-5-6-16(13-17)14-27-12-10-24-15-27/h5-7,10,12-13,15H,2-4,8-9,11,14H2,1H3,(H,25,26). The van der Waals surface area contributed by atoms with Gasteiger partial charge < -0.3 is 9.88 Å². The Bertz CT molecular complexity index is 1240. The van der Waals surface area contributed by atoms with E-state index in [4.69, 9.17) is 4.98 Å². The predicted octanol–water partition coefficient (Wildman–Crippen LogP) is 4.74. The number of hydrogen-bond donors (Lipinski definition) is 1. The van der Waals surface area contributed by atoms with Crippen molar-refractivity contribution in [2.24, 2.45) is 0 Å². The second-order valence-corrected chi connectivity index (χ2v) is 8.93. The number of rotatable bonds is 6. The van der Waals surface area contributed by atoms with Crippen molar-refractivity contribution >= 4 is 33.2 Å². The summed E-state index contributed by atoms with van der Waals surface area (Å²) >= 11 is 1.70. The molecule has 4 aromatic rings. The molecule has 0 aliphatic heterocycles. The van der Waals surface area contributed by atoms with Gasteiger partial charge in [-0.05, 0) is 55.4 Å². The second-order valence-electron chi connectivity index (χ2n) is 7.84. The molecule has 0 amide bonds. The molecule has 0 fully saturated rings. The fourth-order valence-electron chi connectivity index (χ4n) is 4.23. The number of hydrogen-bond acceptors (Lipinski definition) is 5. The van der Waals surface area contributed by atoms with Crippen LogP contribution in [0.3, 0.4) is 0 Å². The minimum absolute atomic E-state index is 0.0957. The van der Waals surface area contributed by atoms with E-state index < -0.39 is 0 Å². The molecular formula is C23H25N5OS. The van der Waals surface area contributed by atoms with Crippen molar-refractivity contribution in [2.45, 2.75) is 52.1 Å². The fourth-order valence-corrected chi connectivity index (χ4v) is 5.48. The SMILES string of the molecule is CCCn1c(Nc2cccc(Cn3ccnc3)c2)nc2sc3c(c2c1=O)CCCC3. The maximum absolute atomic E-state index is 13.4. The average Bonchev–Trinajstić information content (AvgIpc) is 3.38. The Labute approximate surface area is 179 Å². The third-order valence-corrected chi connectivity index (χ3v) is 6.82. The molecule has 1 aliphatic carbocycles. The zero-order chi connectivity index (χ0) is 20.5. The van der Waals surface area contributed by atoms with Gasteiger partial charge in [-0.3, -0.25) is 9.36 Å². The maximum Gasteiger partial charge on any atom is 0.263 e. The molecule has 3 aromatic heterocycles. The normalized spacial score (nSPS) is 13.5. The van der Waals surface area contributed by atoms with Crippen LogP contribution in [0, 0.1) is 0 Å². The predicted molar refractivity (Wildman–Crippen MR) is 122 cm³/mol. The van der Waals surface area contributed by atoms with Crippen LogP contribution in [0.15, 0.2) is 47.8 Å². The average molecular weight is 420 g/mol. The summed E-state index contributed by atoms with van der Waals surface area (Å²) in [6.45, 7) is 3.50. The van der Waals surface area contributed by atoms with Crippen LogP contribution in [-0.4, -0.2) is 19.1 Å². The fraction of sp³-hybridized carbons (Fsp3) is 0.348. The van der Waals surface area contributed by atoms with Crippen molar-refractivity contribution in [2.75, 3.05) is 5.32 Å². The van der Waals surface area contributed by atoms with Crippen molar-refractivity contribution in [1.82, 2.24) is 19.1 Å². The Balaban J connectivity index is 1.54. The Morgan fingerprint density at radius 2 is 2.13 bits per heavy atom. The number of aryl methyl sites for hydroxylation is 2. The molecule has 0 bridgehead atoms. The van der Waals surface area contributed by atoms with Crippen LogP contribution in [0.25, 0.3) is 10.2 Å². The van der Waals surface area contributed by atoms with Crippen LogP contribution in [-0.2, 0) is 25.9 Å². The molecule has 0 unspecified atom stereocenters. The molecule has 154 valence electrons. The van der Waals surface area contributed by atoms with Crippen molar-refractivity contribution in [3.8, 4) is 0 Å². The lowest BCUT2D eigenvalue weighted by atomic mass is 9.97. The lowest BCUT2D eigenvalue weighted by Crippen LogP contribution is -2.24. The first-order chi connectivity index (χ1) is 14.7. The zero-order valence-electron chi connectivity index (χ0n) is 17.1. The molecular weight excluding hydrogens is 394 g/mol. The molecule has 0 atom stereocenters. The summed E-state index contributed by atoms with van der Waals surface area (Å²) in [5.74, 6) is 0.632. The molecule has 0 radical (unpaired) electrons. The van der Waals surface area contributed by atoms with Gasteiger partial charge in [-0.1, -0.05) is 19.1 Å². The second kappa shape index (κ2) is 8.07. The summed E-state index contributed by atoms with van der Waals surface area (Å²) in [5, 5.41) is 4.27. The summed E-state index contributed by atoms with van der Waals surface area (Å²) in [7, 11) is 0. The van der Waals surface area contributed by atoms with Crippen LogP contribution < -0.4 is 10.9 Å². The molecule has 1 aliphatic rings. The highest BCUT2D eigenvalue weighted by molar-refractivity contribution is 7.18. The quantitative estimate of drug-likeness (QED) is 0.490. The highest BCUT2D eigenvalue weighted by Crippen LogP contribution is 2.34. The van der Waals surface area contributed by atoms with E-state index in [0.717, 1.165) is 53.7 Å². The minimum atomic E-state index is 0.0957. The van der Waals surface area contributed by atoms with E-state index in [1.807, 2.05) is 33.8 Å². The first kappa shape index (κ1) is 19.1. The third-order valence-electron chi connectivity index (χ3n) is 5.63. The minimum Gasteiger partial charge on any atom is -0.333 e. The van der Waals surface area contributed by atoms with Crippen molar-refractivity contribution in [3.63, 3.8) is 0 Å². The van der Waals surface area contributed by atoms with Gasteiger partial charge in [0.15, 0.2) is 0 Å². The van der Waals surface area contributed by atoms with E-state index in [9.17, 15) is 4.79 Å². The summed E-state index contributed by atoms with van der Waals surface area (Å²) in [4.78, 5) is 24.7. The Morgan fingerprint density at radius 3 is 2.97 bits per heavy atom. The molecule has 0 saturated carbocycles. The van der Waals surface area contributed by atoms with Gasteiger partial charge in [-0.15, -0.1) is 11.3 Å². The molecule has 6 nitrogen and oxygen atoms in total. The maximum atomic E-state index is 13.4. The van der Waals surface area contributed by atoms with Crippen molar-refractivity contribution < 1.29 is 0 Å². The monoisotopic (exact) mass is 419 g/mol. The van der Waals surface area contributed by atoms with Crippen LogP contribution >= 0.6 is 11.3 Å². The first-order valence-electron chi connectivity index (χ1n) is 10.6. The molecule has 0 spiro atoms. The number of benzene rings is 1. The topological polar surface area (TPSA) is 64.7 Å². The summed E-state index contributed by atoms with van der Waals surface area (Å²) in [6.07, 6.45) is 10.9. The number of imidazole rings is 1. The zero-order valence-corrected chi connectivity index (χ0v) is 17.9. The van der Waals surface area contributed by atoms with Crippen molar-refractivity contribution in [1.29, 1.82) is 0 Å².